The van der Waals surface area contributed by atoms with E-state index in [9.17, 15) is 10.2 Å². The molecule has 0 spiro atoms. The summed E-state index contributed by atoms with van der Waals surface area (Å²) < 4.78 is 0. The molecular formula is C23H47NO3. The molecule has 0 saturated carbocycles. The van der Waals surface area contributed by atoms with E-state index < -0.39 is 11.9 Å². The standard InChI is InChI=1S/C23H47NO3/c1-4-6-7-8-9-10-11-12-13-14-15-16-17-18-19-20-21-22(23(3,25)26)27-24-5-2/h12-13,22,24-26H,4-11,14-21H2,1-3H3. The minimum atomic E-state index is -1.79. The fourth-order valence-corrected chi connectivity index (χ4v) is 3.21. The van der Waals surface area contributed by atoms with Crippen LogP contribution in [0.5, 0.6) is 0 Å². The van der Waals surface area contributed by atoms with Crippen molar-refractivity contribution in [3.63, 3.8) is 0 Å². The Labute approximate surface area is 168 Å². The Hall–Kier alpha value is -0.420. The molecule has 0 aromatic heterocycles. The molecule has 0 fully saturated rings. The average molecular weight is 386 g/mol. The molecule has 1 unspecified atom stereocenters. The van der Waals surface area contributed by atoms with Crippen molar-refractivity contribution in [3.8, 4) is 0 Å². The molecule has 27 heavy (non-hydrogen) atoms. The van der Waals surface area contributed by atoms with Gasteiger partial charge in [0, 0.05) is 6.54 Å². The van der Waals surface area contributed by atoms with Crippen LogP contribution in [0.3, 0.4) is 0 Å². The summed E-state index contributed by atoms with van der Waals surface area (Å²) >= 11 is 0. The van der Waals surface area contributed by atoms with Crippen LogP contribution in [0.2, 0.25) is 0 Å². The highest BCUT2D eigenvalue weighted by atomic mass is 16.7. The van der Waals surface area contributed by atoms with Gasteiger partial charge in [-0.15, -0.1) is 0 Å². The van der Waals surface area contributed by atoms with Crippen LogP contribution in [0.25, 0.3) is 0 Å². The number of hydrogen-bond donors (Lipinski definition) is 3. The molecular weight excluding hydrogens is 338 g/mol. The first-order valence-electron chi connectivity index (χ1n) is 11.5. The Balaban J connectivity index is 3.42. The molecule has 4 heteroatoms. The first kappa shape index (κ1) is 26.6. The van der Waals surface area contributed by atoms with E-state index in [0.717, 1.165) is 12.8 Å². The maximum Gasteiger partial charge on any atom is 0.188 e. The molecule has 0 saturated heterocycles. The molecule has 1 atom stereocenters. The van der Waals surface area contributed by atoms with Crippen LogP contribution >= 0.6 is 0 Å². The minimum absolute atomic E-state index is 0.575. The SMILES string of the molecule is CCCCCCCCC=CCCCCCCCCC(ONCC)C(C)(O)O. The summed E-state index contributed by atoms with van der Waals surface area (Å²) in [6, 6.07) is 0. The van der Waals surface area contributed by atoms with Crippen molar-refractivity contribution in [1.29, 1.82) is 0 Å². The number of rotatable bonds is 20. The van der Waals surface area contributed by atoms with Gasteiger partial charge in [-0.25, -0.2) is 5.48 Å². The fraction of sp³-hybridized carbons (Fsp3) is 0.913. The number of unbranched alkanes of at least 4 members (excludes halogenated alkanes) is 12. The van der Waals surface area contributed by atoms with Crippen molar-refractivity contribution in [2.75, 3.05) is 6.54 Å². The van der Waals surface area contributed by atoms with Crippen molar-refractivity contribution in [1.82, 2.24) is 5.48 Å². The summed E-state index contributed by atoms with van der Waals surface area (Å²) in [6.07, 6.45) is 22.7. The lowest BCUT2D eigenvalue weighted by atomic mass is 10.0. The van der Waals surface area contributed by atoms with Gasteiger partial charge in [0.05, 0.1) is 0 Å². The van der Waals surface area contributed by atoms with Gasteiger partial charge in [-0.2, -0.15) is 0 Å². The zero-order chi connectivity index (χ0) is 20.2. The zero-order valence-corrected chi connectivity index (χ0v) is 18.3. The van der Waals surface area contributed by atoms with Gasteiger partial charge >= 0.3 is 0 Å². The van der Waals surface area contributed by atoms with Gasteiger partial charge in [-0.1, -0.05) is 90.2 Å². The molecule has 0 aliphatic heterocycles. The third-order valence-electron chi connectivity index (χ3n) is 4.96. The first-order valence-corrected chi connectivity index (χ1v) is 11.5. The Morgan fingerprint density at radius 1 is 0.778 bits per heavy atom. The summed E-state index contributed by atoms with van der Waals surface area (Å²) in [4.78, 5) is 5.32. The van der Waals surface area contributed by atoms with Crippen LogP contribution in [0.1, 0.15) is 117 Å². The number of nitrogens with one attached hydrogen (secondary N) is 1. The summed E-state index contributed by atoms with van der Waals surface area (Å²) in [5.74, 6) is -1.79. The van der Waals surface area contributed by atoms with Gasteiger partial charge in [0.25, 0.3) is 0 Å². The lowest BCUT2D eigenvalue weighted by Gasteiger charge is -2.27. The predicted molar refractivity (Wildman–Crippen MR) is 115 cm³/mol. The van der Waals surface area contributed by atoms with E-state index in [1.165, 1.54) is 84.0 Å². The maximum absolute atomic E-state index is 9.71. The monoisotopic (exact) mass is 385 g/mol. The first-order chi connectivity index (χ1) is 13.0. The van der Waals surface area contributed by atoms with E-state index in [2.05, 4.69) is 24.6 Å². The average Bonchev–Trinajstić information content (AvgIpc) is 2.62. The van der Waals surface area contributed by atoms with Crippen molar-refractivity contribution >= 4 is 0 Å². The fourth-order valence-electron chi connectivity index (χ4n) is 3.21. The topological polar surface area (TPSA) is 61.7 Å². The second kappa shape index (κ2) is 18.9. The van der Waals surface area contributed by atoms with E-state index in [0.29, 0.717) is 13.0 Å². The highest BCUT2D eigenvalue weighted by Crippen LogP contribution is 2.17. The van der Waals surface area contributed by atoms with E-state index in [1.54, 1.807) is 0 Å². The second-order valence-electron chi connectivity index (χ2n) is 7.92. The highest BCUT2D eigenvalue weighted by molar-refractivity contribution is 4.81. The summed E-state index contributed by atoms with van der Waals surface area (Å²) in [5.41, 5.74) is 2.73. The smallest absolute Gasteiger partial charge is 0.188 e. The van der Waals surface area contributed by atoms with Gasteiger partial charge < -0.3 is 10.2 Å². The molecule has 3 N–H and O–H groups in total. The Bertz CT molecular complexity index is 326. The quantitative estimate of drug-likeness (QED) is 0.104. The van der Waals surface area contributed by atoms with Crippen molar-refractivity contribution in [2.24, 2.45) is 0 Å². The summed E-state index contributed by atoms with van der Waals surface area (Å²) in [5, 5.41) is 19.4. The molecule has 0 heterocycles. The molecule has 0 amide bonds. The van der Waals surface area contributed by atoms with E-state index in [1.807, 2.05) is 6.92 Å². The Morgan fingerprint density at radius 2 is 1.26 bits per heavy atom. The Morgan fingerprint density at radius 3 is 1.74 bits per heavy atom. The molecule has 0 radical (unpaired) electrons. The normalized spacial score (nSPS) is 13.5. The van der Waals surface area contributed by atoms with Crippen molar-refractivity contribution < 1.29 is 15.1 Å². The van der Waals surface area contributed by atoms with Crippen LogP contribution in [-0.4, -0.2) is 28.6 Å². The lowest BCUT2D eigenvalue weighted by molar-refractivity contribution is -0.243. The molecule has 0 aromatic rings. The van der Waals surface area contributed by atoms with Gasteiger partial charge in [-0.3, -0.25) is 4.84 Å². The van der Waals surface area contributed by atoms with Crippen molar-refractivity contribution in [3.05, 3.63) is 12.2 Å². The van der Waals surface area contributed by atoms with Crippen LogP contribution in [-0.2, 0) is 4.84 Å². The van der Waals surface area contributed by atoms with Gasteiger partial charge in [0.2, 0.25) is 0 Å². The third kappa shape index (κ3) is 18.7. The highest BCUT2D eigenvalue weighted by Gasteiger charge is 2.29. The lowest BCUT2D eigenvalue weighted by Crippen LogP contribution is -2.43. The van der Waals surface area contributed by atoms with Gasteiger partial charge in [0.1, 0.15) is 6.10 Å². The molecule has 0 aliphatic carbocycles. The molecule has 0 rings (SSSR count). The molecule has 4 nitrogen and oxygen atoms in total. The zero-order valence-electron chi connectivity index (χ0n) is 18.3. The molecule has 0 aliphatic rings. The van der Waals surface area contributed by atoms with Crippen LogP contribution in [0.4, 0.5) is 0 Å². The molecule has 162 valence electrons. The summed E-state index contributed by atoms with van der Waals surface area (Å²) in [6.45, 7) is 6.23. The van der Waals surface area contributed by atoms with E-state index >= 15 is 0 Å². The maximum atomic E-state index is 9.71. The Kier molecular flexibility index (Phi) is 18.6. The van der Waals surface area contributed by atoms with Gasteiger partial charge in [0.15, 0.2) is 5.79 Å². The van der Waals surface area contributed by atoms with Crippen LogP contribution < -0.4 is 5.48 Å². The number of aliphatic hydroxyl groups is 2. The number of allylic oxidation sites excluding steroid dienone is 2. The van der Waals surface area contributed by atoms with E-state index in [4.69, 9.17) is 4.84 Å². The predicted octanol–water partition coefficient (Wildman–Crippen LogP) is 6.02. The number of hydrogen-bond acceptors (Lipinski definition) is 4. The molecule has 0 bridgehead atoms. The minimum Gasteiger partial charge on any atom is -0.364 e. The molecule has 0 aromatic carbocycles. The number of hydroxylamine groups is 1. The van der Waals surface area contributed by atoms with Crippen molar-refractivity contribution in [2.45, 2.75) is 129 Å². The van der Waals surface area contributed by atoms with Crippen LogP contribution in [0.15, 0.2) is 12.2 Å². The largest absolute Gasteiger partial charge is 0.364 e. The second-order valence-corrected chi connectivity index (χ2v) is 7.92. The van der Waals surface area contributed by atoms with E-state index in [-0.39, 0.29) is 0 Å². The third-order valence-corrected chi connectivity index (χ3v) is 4.96. The summed E-state index contributed by atoms with van der Waals surface area (Å²) in [7, 11) is 0. The van der Waals surface area contributed by atoms with Crippen LogP contribution in [0, 0.1) is 0 Å². The van der Waals surface area contributed by atoms with Gasteiger partial charge in [-0.05, 0) is 39.0 Å².